The van der Waals surface area contributed by atoms with Gasteiger partial charge in [-0.05, 0) is 38.8 Å². The van der Waals surface area contributed by atoms with E-state index in [4.69, 9.17) is 0 Å². The van der Waals surface area contributed by atoms with Crippen molar-refractivity contribution < 1.29 is 17.2 Å². The van der Waals surface area contributed by atoms with Crippen molar-refractivity contribution in [3.8, 4) is 0 Å². The molecule has 0 amide bonds. The van der Waals surface area contributed by atoms with Crippen molar-refractivity contribution in [2.45, 2.75) is 31.9 Å². The molecule has 9 heteroatoms. The summed E-state index contributed by atoms with van der Waals surface area (Å²) in [5, 5.41) is 3.15. The molecule has 0 atom stereocenters. The summed E-state index contributed by atoms with van der Waals surface area (Å²) in [7, 11) is -3.13. The summed E-state index contributed by atoms with van der Waals surface area (Å²) in [5.41, 5.74) is 0.405. The van der Waals surface area contributed by atoms with Gasteiger partial charge in [-0.1, -0.05) is 6.07 Å². The number of nitrogens with one attached hydrogen (secondary N) is 1. The average molecular weight is 501 g/mol. The van der Waals surface area contributed by atoms with Crippen molar-refractivity contribution in [2.24, 2.45) is 4.99 Å². The quantitative estimate of drug-likeness (QED) is 0.392. The molecule has 148 valence electrons. The highest BCUT2D eigenvalue weighted by molar-refractivity contribution is 14.0. The molecule has 1 aromatic rings. The molecule has 0 aliphatic carbocycles. The van der Waals surface area contributed by atoms with Crippen LogP contribution in [0.2, 0.25) is 0 Å². The van der Waals surface area contributed by atoms with Crippen LogP contribution in [0.25, 0.3) is 0 Å². The molecule has 0 spiro atoms. The minimum absolute atomic E-state index is 0. The number of nitrogens with zero attached hydrogens (tertiary/aromatic N) is 2. The van der Waals surface area contributed by atoms with Crippen LogP contribution < -0.4 is 5.32 Å². The van der Waals surface area contributed by atoms with E-state index < -0.39 is 26.2 Å². The Balaban J connectivity index is 0.00000338. The van der Waals surface area contributed by atoms with E-state index in [1.807, 2.05) is 11.8 Å². The van der Waals surface area contributed by atoms with Gasteiger partial charge >= 0.3 is 0 Å². The fourth-order valence-corrected chi connectivity index (χ4v) is 4.12. The lowest BCUT2D eigenvalue weighted by Crippen LogP contribution is -2.57. The lowest BCUT2D eigenvalue weighted by molar-refractivity contribution is 0.353. The van der Waals surface area contributed by atoms with Gasteiger partial charge < -0.3 is 10.2 Å². The van der Waals surface area contributed by atoms with Crippen molar-refractivity contribution >= 4 is 39.8 Å². The van der Waals surface area contributed by atoms with E-state index in [0.717, 1.165) is 6.07 Å². The van der Waals surface area contributed by atoms with E-state index in [9.17, 15) is 17.2 Å². The van der Waals surface area contributed by atoms with Crippen LogP contribution in [0.3, 0.4) is 0 Å². The van der Waals surface area contributed by atoms with Crippen LogP contribution in [0.5, 0.6) is 0 Å². The van der Waals surface area contributed by atoms with Crippen molar-refractivity contribution in [1.82, 2.24) is 10.2 Å². The maximum atomic E-state index is 13.7. The monoisotopic (exact) mass is 501 g/mol. The molecule has 0 saturated carbocycles. The van der Waals surface area contributed by atoms with Gasteiger partial charge in [-0.3, -0.25) is 4.99 Å². The minimum atomic E-state index is -3.13. The normalized spacial score (nSPS) is 19.0. The third-order valence-electron chi connectivity index (χ3n) is 4.34. The van der Waals surface area contributed by atoms with Gasteiger partial charge in [0.2, 0.25) is 0 Å². The molecule has 1 aliphatic heterocycles. The standard InChI is InChI=1S/C17H25F2N3O2S.HI/c1-4-20-16(22-9-10-25(23,24)17(2,3)12-22)21-8-7-13-5-6-14(18)11-15(13)19;/h5-6,11H,4,7-10,12H2,1-3H3,(H,20,21);1H. The Kier molecular flexibility index (Phi) is 8.25. The van der Waals surface area contributed by atoms with Crippen LogP contribution in [-0.4, -0.2) is 56.0 Å². The predicted molar refractivity (Wildman–Crippen MR) is 111 cm³/mol. The fourth-order valence-electron chi connectivity index (χ4n) is 2.76. The Bertz CT molecular complexity index is 754. The number of aliphatic imine (C=N–C) groups is 1. The van der Waals surface area contributed by atoms with Gasteiger partial charge in [0.05, 0.1) is 10.5 Å². The first-order valence-corrected chi connectivity index (χ1v) is 10.0. The van der Waals surface area contributed by atoms with Crippen molar-refractivity contribution in [3.63, 3.8) is 0 Å². The van der Waals surface area contributed by atoms with Crippen LogP contribution in [0.15, 0.2) is 23.2 Å². The van der Waals surface area contributed by atoms with Crippen LogP contribution >= 0.6 is 24.0 Å². The van der Waals surface area contributed by atoms with Crippen molar-refractivity contribution in [1.29, 1.82) is 0 Å². The number of benzene rings is 1. The number of sulfone groups is 1. The average Bonchev–Trinajstić information content (AvgIpc) is 2.51. The molecule has 5 nitrogen and oxygen atoms in total. The molecule has 0 aromatic heterocycles. The molecule has 0 unspecified atom stereocenters. The van der Waals surface area contributed by atoms with Crippen LogP contribution in [0, 0.1) is 11.6 Å². The van der Waals surface area contributed by atoms with Gasteiger partial charge in [0.15, 0.2) is 15.8 Å². The number of rotatable bonds is 4. The molecule has 1 saturated heterocycles. The van der Waals surface area contributed by atoms with Gasteiger partial charge in [-0.15, -0.1) is 24.0 Å². The first-order chi connectivity index (χ1) is 11.7. The van der Waals surface area contributed by atoms with E-state index in [1.54, 1.807) is 13.8 Å². The Morgan fingerprint density at radius 1 is 1.35 bits per heavy atom. The molecule has 1 aromatic carbocycles. The smallest absolute Gasteiger partial charge is 0.194 e. The third kappa shape index (κ3) is 5.51. The second-order valence-electron chi connectivity index (χ2n) is 6.72. The first kappa shape index (κ1) is 23.1. The zero-order chi connectivity index (χ0) is 18.7. The summed E-state index contributed by atoms with van der Waals surface area (Å²) < 4.78 is 50.1. The number of guanidine groups is 1. The van der Waals surface area contributed by atoms with Crippen LogP contribution in [0.1, 0.15) is 26.3 Å². The molecule has 1 N–H and O–H groups in total. The predicted octanol–water partition coefficient (Wildman–Crippen LogP) is 2.60. The largest absolute Gasteiger partial charge is 0.357 e. The molecule has 2 rings (SSSR count). The molecule has 0 bridgehead atoms. The summed E-state index contributed by atoms with van der Waals surface area (Å²) in [6, 6.07) is 3.51. The number of hydrogen-bond acceptors (Lipinski definition) is 3. The maximum Gasteiger partial charge on any atom is 0.194 e. The molecule has 1 heterocycles. The molecular formula is C17H26F2IN3O2S. The summed E-state index contributed by atoms with van der Waals surface area (Å²) in [5.74, 6) is -0.481. The molecule has 1 aliphatic rings. The van der Waals surface area contributed by atoms with E-state index in [1.165, 1.54) is 12.1 Å². The van der Waals surface area contributed by atoms with Crippen molar-refractivity contribution in [3.05, 3.63) is 35.4 Å². The second-order valence-corrected chi connectivity index (χ2v) is 9.46. The van der Waals surface area contributed by atoms with E-state index in [-0.39, 0.29) is 29.7 Å². The van der Waals surface area contributed by atoms with Gasteiger partial charge in [0.25, 0.3) is 0 Å². The fraction of sp³-hybridized carbons (Fsp3) is 0.588. The SMILES string of the molecule is CCNC(=NCCc1ccc(F)cc1F)N1CCS(=O)(=O)C(C)(C)C1.I. The molecule has 0 radical (unpaired) electrons. The summed E-state index contributed by atoms with van der Waals surface area (Å²) in [6.07, 6.45) is 0.344. The van der Waals surface area contributed by atoms with Crippen LogP contribution in [-0.2, 0) is 16.3 Å². The third-order valence-corrected chi connectivity index (χ3v) is 6.87. The van der Waals surface area contributed by atoms with E-state index in [0.29, 0.717) is 44.1 Å². The van der Waals surface area contributed by atoms with Gasteiger partial charge in [-0.2, -0.15) is 0 Å². The highest BCUT2D eigenvalue weighted by atomic mass is 127. The van der Waals surface area contributed by atoms with E-state index >= 15 is 0 Å². The first-order valence-electron chi connectivity index (χ1n) is 8.36. The molecule has 26 heavy (non-hydrogen) atoms. The zero-order valence-electron chi connectivity index (χ0n) is 15.3. The number of hydrogen-bond donors (Lipinski definition) is 1. The lowest BCUT2D eigenvalue weighted by Gasteiger charge is -2.39. The van der Waals surface area contributed by atoms with Crippen LogP contribution in [0.4, 0.5) is 8.78 Å². The maximum absolute atomic E-state index is 13.7. The Morgan fingerprint density at radius 3 is 2.62 bits per heavy atom. The summed E-state index contributed by atoms with van der Waals surface area (Å²) >= 11 is 0. The topological polar surface area (TPSA) is 61.8 Å². The highest BCUT2D eigenvalue weighted by Crippen LogP contribution is 2.23. The molecular weight excluding hydrogens is 475 g/mol. The minimum Gasteiger partial charge on any atom is -0.357 e. The highest BCUT2D eigenvalue weighted by Gasteiger charge is 2.40. The Labute approximate surface area is 171 Å². The zero-order valence-corrected chi connectivity index (χ0v) is 18.4. The molecule has 1 fully saturated rings. The second kappa shape index (κ2) is 9.29. The van der Waals surface area contributed by atoms with Gasteiger partial charge in [0, 0.05) is 32.2 Å². The van der Waals surface area contributed by atoms with E-state index in [2.05, 4.69) is 10.3 Å². The summed E-state index contributed by atoms with van der Waals surface area (Å²) in [4.78, 5) is 6.41. The van der Waals surface area contributed by atoms with Gasteiger partial charge in [-0.25, -0.2) is 17.2 Å². The van der Waals surface area contributed by atoms with Gasteiger partial charge in [0.1, 0.15) is 11.6 Å². The summed E-state index contributed by atoms with van der Waals surface area (Å²) in [6.45, 7) is 7.06. The number of halogens is 3. The Morgan fingerprint density at radius 2 is 2.04 bits per heavy atom. The van der Waals surface area contributed by atoms with Crippen molar-refractivity contribution in [2.75, 3.05) is 31.9 Å². The lowest BCUT2D eigenvalue weighted by atomic mass is 10.1. The Hall–Kier alpha value is -0.970.